The first-order valence-corrected chi connectivity index (χ1v) is 2.69. The molecule has 0 aromatic rings. The van der Waals surface area contributed by atoms with Gasteiger partial charge in [-0.3, -0.25) is 5.11 Å². The van der Waals surface area contributed by atoms with Crippen molar-refractivity contribution < 1.29 is 5.11 Å². The van der Waals surface area contributed by atoms with Gasteiger partial charge in [0.25, 0.3) is 0 Å². The van der Waals surface area contributed by atoms with Gasteiger partial charge in [0, 0.05) is 0 Å². The number of hydrogen-bond donors (Lipinski definition) is 0. The third-order valence-electron chi connectivity index (χ3n) is 0.321. The van der Waals surface area contributed by atoms with E-state index in [1.54, 1.807) is 0 Å². The first kappa shape index (κ1) is 7.41. The molecule has 0 aliphatic rings. The molecule has 4 heteroatoms. The molecule has 0 aromatic carbocycles. The molecule has 0 aliphatic heterocycles. The van der Waals surface area contributed by atoms with E-state index in [9.17, 15) is 5.11 Å². The van der Waals surface area contributed by atoms with Crippen LogP contribution in [0.1, 0.15) is 0 Å². The molecule has 0 saturated heterocycles. The largest absolute Gasteiger partial charge is 0.297 e. The van der Waals surface area contributed by atoms with Crippen molar-refractivity contribution in [2.45, 2.75) is 4.84 Å². The number of rotatable bonds is 1. The maximum atomic E-state index is 9.61. The van der Waals surface area contributed by atoms with Gasteiger partial charge in [0.15, 0.2) is 6.26 Å². The first-order valence-electron chi connectivity index (χ1n) is 1.44. The molecule has 0 heterocycles. The molecule has 0 aromatic heterocycles. The van der Waals surface area contributed by atoms with Gasteiger partial charge in [-0.15, -0.1) is 0 Å². The van der Waals surface area contributed by atoms with Crippen LogP contribution in [-0.4, -0.2) is 4.84 Å². The molecule has 0 fully saturated rings. The summed E-state index contributed by atoms with van der Waals surface area (Å²) in [5.41, 5.74) is 0. The summed E-state index contributed by atoms with van der Waals surface area (Å²) in [4.78, 5) is -0.876. The normalized spacial score (nSPS) is 12.9. The van der Waals surface area contributed by atoms with Crippen LogP contribution in [0.25, 0.3) is 0 Å². The van der Waals surface area contributed by atoms with E-state index in [-0.39, 0.29) is 5.03 Å². The zero-order valence-corrected chi connectivity index (χ0v) is 5.46. The number of hydrogen-bond acceptors (Lipinski definition) is 0. The van der Waals surface area contributed by atoms with Crippen LogP contribution < -0.4 is 0 Å². The molecule has 0 spiro atoms. The van der Waals surface area contributed by atoms with E-state index < -0.39 is 4.84 Å². The molecule has 0 bridgehead atoms. The Morgan fingerprint density at radius 2 is 2.00 bits per heavy atom. The lowest BCUT2D eigenvalue weighted by Gasteiger charge is -1.89. The second-order valence-electron chi connectivity index (χ2n) is 0.803. The molecule has 0 saturated carbocycles. The monoisotopic (exact) mass is 159 g/mol. The van der Waals surface area contributed by atoms with Crippen LogP contribution >= 0.6 is 34.8 Å². The molecule has 1 nitrogen and oxygen atoms in total. The third kappa shape index (κ3) is 3.03. The standard InChI is InChI=1S/C3H2Cl3O/c4-2(1-7)3(5)6/h1,3H/b2-1+. The fourth-order valence-electron chi connectivity index (χ4n) is 0.0514. The van der Waals surface area contributed by atoms with Gasteiger partial charge in [0.05, 0.1) is 5.03 Å². The molecule has 0 aliphatic carbocycles. The molecule has 0 unspecified atom stereocenters. The maximum Gasteiger partial charge on any atom is 0.160 e. The van der Waals surface area contributed by atoms with Gasteiger partial charge >= 0.3 is 0 Å². The Balaban J connectivity index is 3.56. The summed E-state index contributed by atoms with van der Waals surface area (Å²) in [5, 5.41) is 9.53. The molecule has 41 valence electrons. The van der Waals surface area contributed by atoms with Crippen molar-refractivity contribution in [1.29, 1.82) is 0 Å². The SMILES string of the molecule is [O]/C=C(/Cl)C(Cl)Cl. The molecule has 7 heavy (non-hydrogen) atoms. The van der Waals surface area contributed by atoms with Crippen molar-refractivity contribution in [2.75, 3.05) is 0 Å². The third-order valence-corrected chi connectivity index (χ3v) is 1.32. The fourth-order valence-corrected chi connectivity index (χ4v) is 0.154. The van der Waals surface area contributed by atoms with Crippen molar-refractivity contribution in [3.8, 4) is 0 Å². The van der Waals surface area contributed by atoms with Crippen LogP contribution in [0.3, 0.4) is 0 Å². The van der Waals surface area contributed by atoms with E-state index >= 15 is 0 Å². The summed E-state index contributed by atoms with van der Waals surface area (Å²) < 4.78 is 0. The lowest BCUT2D eigenvalue weighted by Crippen LogP contribution is -1.82. The Hall–Kier alpha value is 0.410. The van der Waals surface area contributed by atoms with E-state index in [1.165, 1.54) is 0 Å². The van der Waals surface area contributed by atoms with Crippen LogP contribution in [0, 0.1) is 0 Å². The average molecular weight is 160 g/mol. The van der Waals surface area contributed by atoms with Crippen molar-refractivity contribution in [1.82, 2.24) is 0 Å². The quantitative estimate of drug-likeness (QED) is 0.414. The minimum Gasteiger partial charge on any atom is -0.297 e. The molecule has 0 N–H and O–H groups in total. The van der Waals surface area contributed by atoms with E-state index in [2.05, 4.69) is 0 Å². The van der Waals surface area contributed by atoms with Crippen molar-refractivity contribution >= 4 is 34.8 Å². The predicted molar refractivity (Wildman–Crippen MR) is 30.1 cm³/mol. The highest BCUT2D eigenvalue weighted by molar-refractivity contribution is 6.52. The van der Waals surface area contributed by atoms with Crippen molar-refractivity contribution in [3.63, 3.8) is 0 Å². The molecule has 1 radical (unpaired) electrons. The van der Waals surface area contributed by atoms with Gasteiger partial charge in [-0.05, 0) is 0 Å². The Labute approximate surface area is 56.5 Å². The summed E-state index contributed by atoms with van der Waals surface area (Å²) in [6.45, 7) is 0. The first-order chi connectivity index (χ1) is 3.18. The minimum absolute atomic E-state index is 0.0802. The predicted octanol–water partition coefficient (Wildman–Crippen LogP) is 2.30. The lowest BCUT2D eigenvalue weighted by molar-refractivity contribution is 0.349. The molecular weight excluding hydrogens is 158 g/mol. The van der Waals surface area contributed by atoms with Crippen LogP contribution in [0.2, 0.25) is 0 Å². The molecule has 0 atom stereocenters. The summed E-state index contributed by atoms with van der Waals surface area (Å²) in [7, 11) is 0. The Morgan fingerprint density at radius 1 is 1.57 bits per heavy atom. The Kier molecular flexibility index (Phi) is 3.62. The molecule has 0 rings (SSSR count). The highest BCUT2D eigenvalue weighted by Gasteiger charge is 2.01. The topological polar surface area (TPSA) is 19.9 Å². The van der Waals surface area contributed by atoms with E-state index in [4.69, 9.17) is 34.8 Å². The van der Waals surface area contributed by atoms with E-state index in [1.807, 2.05) is 0 Å². The number of halogens is 3. The van der Waals surface area contributed by atoms with Crippen LogP contribution in [0.5, 0.6) is 0 Å². The Morgan fingerprint density at radius 3 is 2.00 bits per heavy atom. The average Bonchev–Trinajstić information content (AvgIpc) is 1.65. The number of allylic oxidation sites excluding steroid dienone is 1. The van der Waals surface area contributed by atoms with Gasteiger partial charge in [-0.1, -0.05) is 34.8 Å². The maximum absolute atomic E-state index is 9.61. The second-order valence-corrected chi connectivity index (χ2v) is 2.34. The van der Waals surface area contributed by atoms with Gasteiger partial charge in [-0.2, -0.15) is 0 Å². The van der Waals surface area contributed by atoms with Crippen LogP contribution in [0.15, 0.2) is 11.3 Å². The van der Waals surface area contributed by atoms with Gasteiger partial charge in [-0.25, -0.2) is 0 Å². The highest BCUT2D eigenvalue weighted by atomic mass is 35.5. The molecular formula is C3H2Cl3O. The van der Waals surface area contributed by atoms with Crippen molar-refractivity contribution in [2.24, 2.45) is 0 Å². The number of alkyl halides is 2. The van der Waals surface area contributed by atoms with Gasteiger partial charge < -0.3 is 0 Å². The fraction of sp³-hybridized carbons (Fsp3) is 0.333. The smallest absolute Gasteiger partial charge is 0.160 e. The Bertz CT molecular complexity index is 78.2. The van der Waals surface area contributed by atoms with E-state index in [0.29, 0.717) is 6.26 Å². The van der Waals surface area contributed by atoms with Crippen molar-refractivity contribution in [3.05, 3.63) is 11.3 Å². The van der Waals surface area contributed by atoms with Crippen LogP contribution in [0.4, 0.5) is 0 Å². The van der Waals surface area contributed by atoms with E-state index in [0.717, 1.165) is 0 Å². The zero-order chi connectivity index (χ0) is 5.86. The summed E-state index contributed by atoms with van der Waals surface area (Å²) in [6, 6.07) is 0. The van der Waals surface area contributed by atoms with Gasteiger partial charge in [0.2, 0.25) is 0 Å². The summed E-state index contributed by atoms with van der Waals surface area (Å²) in [6.07, 6.45) is 0.409. The summed E-state index contributed by atoms with van der Waals surface area (Å²) >= 11 is 15.3. The minimum atomic E-state index is -0.876. The summed E-state index contributed by atoms with van der Waals surface area (Å²) in [5.74, 6) is 0. The second kappa shape index (κ2) is 3.42. The zero-order valence-electron chi connectivity index (χ0n) is 3.20. The molecule has 0 amide bonds. The lowest BCUT2D eigenvalue weighted by atomic mass is 10.7. The highest BCUT2D eigenvalue weighted by Crippen LogP contribution is 2.16. The van der Waals surface area contributed by atoms with Crippen LogP contribution in [-0.2, 0) is 5.11 Å². The van der Waals surface area contributed by atoms with Gasteiger partial charge in [0.1, 0.15) is 4.84 Å².